The second-order valence-electron chi connectivity index (χ2n) is 6.58. The van der Waals surface area contributed by atoms with Crippen LogP contribution in [0.5, 0.6) is 0 Å². The van der Waals surface area contributed by atoms with E-state index in [0.717, 1.165) is 30.6 Å². The van der Waals surface area contributed by atoms with E-state index in [0.29, 0.717) is 11.8 Å². The van der Waals surface area contributed by atoms with Gasteiger partial charge in [0.2, 0.25) is 0 Å². The van der Waals surface area contributed by atoms with Crippen LogP contribution in [-0.4, -0.2) is 10.7 Å². The average molecular weight is 216 g/mol. The highest BCUT2D eigenvalue weighted by Crippen LogP contribution is 2.60. The van der Waals surface area contributed by atoms with Gasteiger partial charge < -0.3 is 5.11 Å². The summed E-state index contributed by atoms with van der Waals surface area (Å²) in [5.41, 5.74) is -0.321. The van der Waals surface area contributed by atoms with Crippen molar-refractivity contribution in [3.8, 4) is 0 Å². The molecule has 1 heteroatoms. The summed E-state index contributed by atoms with van der Waals surface area (Å²) in [6.07, 6.45) is 15.3. The van der Waals surface area contributed by atoms with Gasteiger partial charge in [0.05, 0.1) is 5.60 Å². The monoisotopic (exact) mass is 216 g/mol. The molecule has 0 aliphatic heterocycles. The fraction of sp³-hybridized carbons (Fsp3) is 0.733. The van der Waals surface area contributed by atoms with Crippen LogP contribution in [-0.2, 0) is 0 Å². The Morgan fingerprint density at radius 3 is 2.12 bits per heavy atom. The number of rotatable bonds is 1. The van der Waals surface area contributed by atoms with Crippen LogP contribution in [0.4, 0.5) is 0 Å². The second kappa shape index (κ2) is 3.01. The molecule has 5 aliphatic carbocycles. The molecular weight excluding hydrogens is 196 g/mol. The fourth-order valence-electron chi connectivity index (χ4n) is 5.40. The Morgan fingerprint density at radius 2 is 1.56 bits per heavy atom. The summed E-state index contributed by atoms with van der Waals surface area (Å²) >= 11 is 0. The molecule has 0 spiro atoms. The van der Waals surface area contributed by atoms with Crippen molar-refractivity contribution in [1.29, 1.82) is 0 Å². The van der Waals surface area contributed by atoms with E-state index in [9.17, 15) is 5.11 Å². The molecule has 4 bridgehead atoms. The minimum absolute atomic E-state index is 0.321. The molecule has 1 nitrogen and oxygen atoms in total. The normalized spacial score (nSPS) is 54.1. The van der Waals surface area contributed by atoms with Crippen molar-refractivity contribution in [2.45, 2.75) is 37.7 Å². The van der Waals surface area contributed by atoms with Gasteiger partial charge in [0.25, 0.3) is 0 Å². The zero-order chi connectivity index (χ0) is 10.8. The van der Waals surface area contributed by atoms with Crippen LogP contribution in [0.15, 0.2) is 24.3 Å². The number of aliphatic hydroxyl groups is 1. The smallest absolute Gasteiger partial charge is 0.0692 e. The minimum atomic E-state index is -0.321. The van der Waals surface area contributed by atoms with Crippen LogP contribution in [0.1, 0.15) is 32.1 Å². The van der Waals surface area contributed by atoms with Crippen molar-refractivity contribution in [2.24, 2.45) is 29.6 Å². The lowest BCUT2D eigenvalue weighted by Gasteiger charge is -2.60. The first-order valence-electron chi connectivity index (χ1n) is 6.82. The molecule has 0 aromatic carbocycles. The maximum absolute atomic E-state index is 11.0. The molecule has 0 heterocycles. The van der Waals surface area contributed by atoms with Gasteiger partial charge in [-0.15, -0.1) is 0 Å². The van der Waals surface area contributed by atoms with Gasteiger partial charge in [0.15, 0.2) is 0 Å². The van der Waals surface area contributed by atoms with Gasteiger partial charge >= 0.3 is 0 Å². The fourth-order valence-corrected chi connectivity index (χ4v) is 5.40. The highest BCUT2D eigenvalue weighted by atomic mass is 16.3. The van der Waals surface area contributed by atoms with Crippen LogP contribution in [0.3, 0.4) is 0 Å². The van der Waals surface area contributed by atoms with Crippen LogP contribution in [0.2, 0.25) is 0 Å². The number of allylic oxidation sites excluding steroid dienone is 4. The van der Waals surface area contributed by atoms with Crippen LogP contribution in [0.25, 0.3) is 0 Å². The van der Waals surface area contributed by atoms with Crippen LogP contribution < -0.4 is 0 Å². The summed E-state index contributed by atoms with van der Waals surface area (Å²) in [6, 6.07) is 0. The molecular formula is C15H20O. The van der Waals surface area contributed by atoms with E-state index in [1.807, 2.05) is 0 Å². The van der Waals surface area contributed by atoms with Crippen molar-refractivity contribution in [3.63, 3.8) is 0 Å². The van der Waals surface area contributed by atoms with E-state index in [1.54, 1.807) is 0 Å². The maximum atomic E-state index is 11.0. The molecule has 0 saturated heterocycles. The van der Waals surface area contributed by atoms with Gasteiger partial charge in [0.1, 0.15) is 0 Å². The van der Waals surface area contributed by atoms with E-state index >= 15 is 0 Å². The molecule has 1 N–H and O–H groups in total. The summed E-state index contributed by atoms with van der Waals surface area (Å²) < 4.78 is 0. The summed E-state index contributed by atoms with van der Waals surface area (Å²) in [6.45, 7) is 0. The van der Waals surface area contributed by atoms with Crippen molar-refractivity contribution in [3.05, 3.63) is 24.3 Å². The molecule has 0 radical (unpaired) electrons. The van der Waals surface area contributed by atoms with E-state index < -0.39 is 0 Å². The standard InChI is InChI=1S/C15H20O/c16-15-8-10-5-11(9-15)7-13(6-10)14(15)12-3-1-2-4-12/h1-4,10-14,16H,5-9H2. The lowest BCUT2D eigenvalue weighted by Crippen LogP contribution is -2.58. The van der Waals surface area contributed by atoms with Crippen molar-refractivity contribution >= 4 is 0 Å². The molecule has 3 atom stereocenters. The Hall–Kier alpha value is -0.560. The van der Waals surface area contributed by atoms with E-state index in [1.165, 1.54) is 19.3 Å². The summed E-state index contributed by atoms with van der Waals surface area (Å²) in [5, 5.41) is 11.0. The van der Waals surface area contributed by atoms with Gasteiger partial charge in [0, 0.05) is 11.8 Å². The highest BCUT2D eigenvalue weighted by Gasteiger charge is 2.57. The third kappa shape index (κ3) is 1.15. The molecule has 0 amide bonds. The average Bonchev–Trinajstić information content (AvgIpc) is 2.67. The topological polar surface area (TPSA) is 20.2 Å². The van der Waals surface area contributed by atoms with E-state index in [2.05, 4.69) is 24.3 Å². The Kier molecular flexibility index (Phi) is 1.78. The molecule has 0 aromatic rings. The second-order valence-corrected chi connectivity index (χ2v) is 6.58. The van der Waals surface area contributed by atoms with Crippen LogP contribution >= 0.6 is 0 Å². The first kappa shape index (κ1) is 9.47. The van der Waals surface area contributed by atoms with Gasteiger partial charge in [-0.1, -0.05) is 24.3 Å². The van der Waals surface area contributed by atoms with Gasteiger partial charge in [-0.05, 0) is 49.9 Å². The molecule has 86 valence electrons. The molecule has 5 aliphatic rings. The minimum Gasteiger partial charge on any atom is -0.390 e. The van der Waals surface area contributed by atoms with Gasteiger partial charge in [-0.2, -0.15) is 0 Å². The summed E-state index contributed by atoms with van der Waals surface area (Å²) in [5.74, 6) is 3.53. The Labute approximate surface area is 97.2 Å². The third-order valence-electron chi connectivity index (χ3n) is 5.54. The molecule has 5 rings (SSSR count). The SMILES string of the molecule is OC12CC3CC(CC(C3)C1C1C=CC=C1)C2. The predicted molar refractivity (Wildman–Crippen MR) is 63.8 cm³/mol. The number of hydrogen-bond donors (Lipinski definition) is 1. The molecule has 4 saturated carbocycles. The van der Waals surface area contributed by atoms with Crippen molar-refractivity contribution < 1.29 is 5.11 Å². The number of hydrogen-bond acceptors (Lipinski definition) is 1. The van der Waals surface area contributed by atoms with Crippen LogP contribution in [0, 0.1) is 29.6 Å². The maximum Gasteiger partial charge on any atom is 0.0692 e. The predicted octanol–water partition coefficient (Wildman–Crippen LogP) is 2.92. The molecule has 16 heavy (non-hydrogen) atoms. The molecule has 4 fully saturated rings. The zero-order valence-corrected chi connectivity index (χ0v) is 9.68. The summed E-state index contributed by atoms with van der Waals surface area (Å²) in [4.78, 5) is 0. The largest absolute Gasteiger partial charge is 0.390 e. The Bertz CT molecular complexity index is 342. The van der Waals surface area contributed by atoms with Gasteiger partial charge in [-0.3, -0.25) is 0 Å². The summed E-state index contributed by atoms with van der Waals surface area (Å²) in [7, 11) is 0. The Balaban J connectivity index is 1.71. The first-order valence-corrected chi connectivity index (χ1v) is 6.82. The first-order chi connectivity index (χ1) is 7.74. The zero-order valence-electron chi connectivity index (χ0n) is 9.68. The van der Waals surface area contributed by atoms with E-state index in [-0.39, 0.29) is 5.60 Å². The van der Waals surface area contributed by atoms with Gasteiger partial charge in [-0.25, -0.2) is 0 Å². The third-order valence-corrected chi connectivity index (χ3v) is 5.54. The highest BCUT2D eigenvalue weighted by molar-refractivity contribution is 5.23. The quantitative estimate of drug-likeness (QED) is 0.714. The Morgan fingerprint density at radius 1 is 0.938 bits per heavy atom. The van der Waals surface area contributed by atoms with E-state index in [4.69, 9.17) is 0 Å². The molecule has 0 aromatic heterocycles. The van der Waals surface area contributed by atoms with Crippen molar-refractivity contribution in [2.75, 3.05) is 0 Å². The lowest BCUT2D eigenvalue weighted by atomic mass is 9.47. The van der Waals surface area contributed by atoms with Crippen molar-refractivity contribution in [1.82, 2.24) is 0 Å². The lowest BCUT2D eigenvalue weighted by molar-refractivity contribution is -0.178. The molecule has 3 unspecified atom stereocenters.